The highest BCUT2D eigenvalue weighted by Gasteiger charge is 2.11. The van der Waals surface area contributed by atoms with Crippen molar-refractivity contribution >= 4 is 22.7 Å². The van der Waals surface area contributed by atoms with Gasteiger partial charge in [0.15, 0.2) is 0 Å². The molecule has 122 valence electrons. The molecule has 0 aliphatic carbocycles. The van der Waals surface area contributed by atoms with E-state index < -0.39 is 17.2 Å². The fourth-order valence-electron chi connectivity index (χ4n) is 2.21. The second kappa shape index (κ2) is 6.91. The maximum Gasteiger partial charge on any atom is 0.328 e. The number of carbonyl (C=O) groups is 2. The zero-order valence-corrected chi connectivity index (χ0v) is 12.9. The number of carbonyl (C=O) groups excluding carboxylic acids is 2. The van der Waals surface area contributed by atoms with Crippen molar-refractivity contribution in [2.24, 2.45) is 0 Å². The molecule has 2 amide bonds. The second-order valence-corrected chi connectivity index (χ2v) is 4.88. The first kappa shape index (κ1) is 16.5. The Balaban J connectivity index is 2.30. The zero-order chi connectivity index (χ0) is 17.0. The normalized spacial score (nSPS) is 10.5. The molecule has 0 aliphatic heterocycles. The van der Waals surface area contributed by atoms with Crippen molar-refractivity contribution in [3.05, 3.63) is 44.6 Å². The highest BCUT2D eigenvalue weighted by atomic mass is 16.2. The van der Waals surface area contributed by atoms with Crippen LogP contribution in [0.3, 0.4) is 0 Å². The van der Waals surface area contributed by atoms with E-state index in [1.165, 1.54) is 18.2 Å². The molecule has 2 rings (SSSR count). The molecule has 0 radical (unpaired) electrons. The van der Waals surface area contributed by atoms with Crippen molar-refractivity contribution in [2.75, 3.05) is 13.1 Å². The number of aromatic amines is 1. The molecule has 0 unspecified atom stereocenters. The standard InChI is InChI=1S/C15H18N4O4/c1-3-16-12(20)8-17-13(21)9-5-6-10-11(7-9)18-15(23)19(4-2)14(10)22/h5-7H,3-4,8H2,1-2H3,(H,16,20)(H,17,21)(H,18,23). The van der Waals surface area contributed by atoms with E-state index in [4.69, 9.17) is 0 Å². The summed E-state index contributed by atoms with van der Waals surface area (Å²) in [7, 11) is 0. The number of benzene rings is 1. The number of rotatable bonds is 5. The van der Waals surface area contributed by atoms with Gasteiger partial charge in [-0.15, -0.1) is 0 Å². The summed E-state index contributed by atoms with van der Waals surface area (Å²) in [6, 6.07) is 4.39. The molecule has 1 aromatic heterocycles. The van der Waals surface area contributed by atoms with Crippen LogP contribution in [0.25, 0.3) is 10.9 Å². The smallest absolute Gasteiger partial charge is 0.328 e. The van der Waals surface area contributed by atoms with Crippen LogP contribution in [-0.2, 0) is 11.3 Å². The largest absolute Gasteiger partial charge is 0.355 e. The third-order valence-electron chi connectivity index (χ3n) is 3.34. The van der Waals surface area contributed by atoms with Crippen LogP contribution < -0.4 is 21.9 Å². The predicted molar refractivity (Wildman–Crippen MR) is 85.5 cm³/mol. The van der Waals surface area contributed by atoms with Crippen LogP contribution in [0.15, 0.2) is 27.8 Å². The maximum atomic E-state index is 12.1. The van der Waals surface area contributed by atoms with Gasteiger partial charge in [-0.05, 0) is 32.0 Å². The highest BCUT2D eigenvalue weighted by molar-refractivity contribution is 5.99. The maximum absolute atomic E-state index is 12.1. The molecular weight excluding hydrogens is 300 g/mol. The average Bonchev–Trinajstić information content (AvgIpc) is 2.52. The Morgan fingerprint density at radius 3 is 2.57 bits per heavy atom. The Morgan fingerprint density at radius 1 is 1.17 bits per heavy atom. The van der Waals surface area contributed by atoms with E-state index in [0.29, 0.717) is 11.9 Å². The minimum atomic E-state index is -0.523. The van der Waals surface area contributed by atoms with Crippen LogP contribution in [0.2, 0.25) is 0 Å². The summed E-state index contributed by atoms with van der Waals surface area (Å²) in [5, 5.41) is 5.36. The van der Waals surface area contributed by atoms with Gasteiger partial charge in [-0.2, -0.15) is 0 Å². The first-order valence-corrected chi connectivity index (χ1v) is 7.29. The predicted octanol–water partition coefficient (Wildman–Crippen LogP) is -0.424. The fraction of sp³-hybridized carbons (Fsp3) is 0.333. The molecule has 23 heavy (non-hydrogen) atoms. The number of likely N-dealkylation sites (N-methyl/N-ethyl adjacent to an activating group) is 1. The molecule has 0 atom stereocenters. The molecule has 0 saturated heterocycles. The third kappa shape index (κ3) is 3.47. The summed E-state index contributed by atoms with van der Waals surface area (Å²) in [5.74, 6) is -0.750. The zero-order valence-electron chi connectivity index (χ0n) is 12.9. The lowest BCUT2D eigenvalue weighted by Crippen LogP contribution is -2.37. The van der Waals surface area contributed by atoms with Gasteiger partial charge in [-0.25, -0.2) is 4.79 Å². The quantitative estimate of drug-likeness (QED) is 0.694. The number of nitrogens with zero attached hydrogens (tertiary/aromatic N) is 1. The SMILES string of the molecule is CCNC(=O)CNC(=O)c1ccc2c(=O)n(CC)c(=O)[nH]c2c1. The van der Waals surface area contributed by atoms with E-state index >= 15 is 0 Å². The molecule has 0 bridgehead atoms. The van der Waals surface area contributed by atoms with Crippen molar-refractivity contribution in [3.63, 3.8) is 0 Å². The molecule has 0 spiro atoms. The second-order valence-electron chi connectivity index (χ2n) is 4.88. The van der Waals surface area contributed by atoms with E-state index in [9.17, 15) is 19.2 Å². The Labute approximate surface area is 131 Å². The highest BCUT2D eigenvalue weighted by Crippen LogP contribution is 2.09. The molecule has 3 N–H and O–H groups in total. The monoisotopic (exact) mass is 318 g/mol. The number of fused-ring (bicyclic) bond motifs is 1. The molecule has 8 heteroatoms. The van der Waals surface area contributed by atoms with E-state index in [2.05, 4.69) is 15.6 Å². The van der Waals surface area contributed by atoms with Gasteiger partial charge in [0, 0.05) is 18.7 Å². The Hall–Kier alpha value is -2.90. The fourth-order valence-corrected chi connectivity index (χ4v) is 2.21. The summed E-state index contributed by atoms with van der Waals surface area (Å²) in [6.45, 7) is 4.08. The topological polar surface area (TPSA) is 113 Å². The number of aromatic nitrogens is 2. The van der Waals surface area contributed by atoms with Crippen molar-refractivity contribution in [1.29, 1.82) is 0 Å². The van der Waals surface area contributed by atoms with Crippen LogP contribution in [0.4, 0.5) is 0 Å². The molecule has 2 aromatic rings. The van der Waals surface area contributed by atoms with Gasteiger partial charge in [-0.3, -0.25) is 19.0 Å². The minimum Gasteiger partial charge on any atom is -0.355 e. The van der Waals surface area contributed by atoms with Gasteiger partial charge in [0.25, 0.3) is 11.5 Å². The number of amides is 2. The lowest BCUT2D eigenvalue weighted by atomic mass is 10.1. The van der Waals surface area contributed by atoms with Gasteiger partial charge in [0.2, 0.25) is 5.91 Å². The van der Waals surface area contributed by atoms with Crippen molar-refractivity contribution < 1.29 is 9.59 Å². The average molecular weight is 318 g/mol. The van der Waals surface area contributed by atoms with E-state index in [1.807, 2.05) is 0 Å². The molecule has 0 saturated carbocycles. The lowest BCUT2D eigenvalue weighted by Gasteiger charge is -2.07. The summed E-state index contributed by atoms with van der Waals surface area (Å²) >= 11 is 0. The van der Waals surface area contributed by atoms with Gasteiger partial charge in [-0.1, -0.05) is 0 Å². The van der Waals surface area contributed by atoms with Crippen molar-refractivity contribution in [3.8, 4) is 0 Å². The number of nitrogens with one attached hydrogen (secondary N) is 3. The third-order valence-corrected chi connectivity index (χ3v) is 3.34. The Morgan fingerprint density at radius 2 is 1.91 bits per heavy atom. The summed E-state index contributed by atoms with van der Waals surface area (Å²) in [5.41, 5.74) is -0.383. The Kier molecular flexibility index (Phi) is 4.95. The van der Waals surface area contributed by atoms with Crippen LogP contribution in [-0.4, -0.2) is 34.5 Å². The van der Waals surface area contributed by atoms with Crippen LogP contribution in [0.5, 0.6) is 0 Å². The lowest BCUT2D eigenvalue weighted by molar-refractivity contribution is -0.120. The summed E-state index contributed by atoms with van der Waals surface area (Å²) < 4.78 is 1.08. The number of hydrogen-bond acceptors (Lipinski definition) is 4. The van der Waals surface area contributed by atoms with Crippen molar-refractivity contribution in [2.45, 2.75) is 20.4 Å². The van der Waals surface area contributed by atoms with Gasteiger partial charge >= 0.3 is 5.69 Å². The summed E-state index contributed by atoms with van der Waals surface area (Å²) in [6.07, 6.45) is 0. The van der Waals surface area contributed by atoms with Gasteiger partial charge < -0.3 is 15.6 Å². The molecule has 0 fully saturated rings. The molecule has 1 aromatic carbocycles. The van der Waals surface area contributed by atoms with E-state index in [0.717, 1.165) is 4.57 Å². The van der Waals surface area contributed by atoms with Gasteiger partial charge in [0.05, 0.1) is 17.4 Å². The Bertz CT molecular complexity index is 866. The molecular formula is C15H18N4O4. The van der Waals surface area contributed by atoms with Crippen molar-refractivity contribution in [1.82, 2.24) is 20.2 Å². The summed E-state index contributed by atoms with van der Waals surface area (Å²) in [4.78, 5) is 49.9. The molecule has 0 aliphatic rings. The van der Waals surface area contributed by atoms with Crippen LogP contribution >= 0.6 is 0 Å². The number of H-pyrrole nitrogens is 1. The van der Waals surface area contributed by atoms with Crippen LogP contribution in [0.1, 0.15) is 24.2 Å². The number of hydrogen-bond donors (Lipinski definition) is 3. The van der Waals surface area contributed by atoms with E-state index in [1.54, 1.807) is 13.8 Å². The first-order valence-electron chi connectivity index (χ1n) is 7.29. The molecule has 8 nitrogen and oxygen atoms in total. The minimum absolute atomic E-state index is 0.140. The first-order chi connectivity index (χ1) is 11.0. The van der Waals surface area contributed by atoms with Crippen LogP contribution in [0, 0.1) is 0 Å². The molecule has 1 heterocycles. The van der Waals surface area contributed by atoms with E-state index in [-0.39, 0.29) is 30.1 Å². The van der Waals surface area contributed by atoms with Gasteiger partial charge in [0.1, 0.15) is 0 Å².